The number of carbonyl (C=O) groups excluding carboxylic acids is 1. The fraction of sp³-hybridized carbons (Fsp3) is 0.815. The van der Waals surface area contributed by atoms with E-state index in [1.807, 2.05) is 0 Å². The molecule has 0 aliphatic heterocycles. The molecule has 0 aromatic carbocycles. The molecule has 3 nitrogen and oxygen atoms in total. The van der Waals surface area contributed by atoms with Gasteiger partial charge < -0.3 is 9.16 Å². The average molecular weight is 573 g/mol. The van der Waals surface area contributed by atoms with Gasteiger partial charge in [0.15, 0.2) is 8.32 Å². The van der Waals surface area contributed by atoms with E-state index in [-0.39, 0.29) is 27.8 Å². The van der Waals surface area contributed by atoms with E-state index in [1.54, 1.807) is 7.11 Å². The Labute approximate surface area is 211 Å². The number of allylic oxidation sites excluding steroid dienone is 4. The number of alkyl halides is 1. The predicted molar refractivity (Wildman–Crippen MR) is 145 cm³/mol. The smallest absolute Gasteiger partial charge is 0.309 e. The SMILES string of the molecule is C/C=C/CCCCC[C@@H]1[C@@H](C(=O)OC)[C@H]2C=C[C@@H]1[C@@]21CC1(CI)CO[Si](C)(C)C(C)(C)C. The summed E-state index contributed by atoms with van der Waals surface area (Å²) in [5.41, 5.74) is 0.417. The minimum absolute atomic E-state index is 0.0136. The maximum atomic E-state index is 13.0. The first-order chi connectivity index (χ1) is 15.0. The van der Waals surface area contributed by atoms with Crippen molar-refractivity contribution in [3.8, 4) is 0 Å². The van der Waals surface area contributed by atoms with Crippen molar-refractivity contribution in [3.05, 3.63) is 24.3 Å². The summed E-state index contributed by atoms with van der Waals surface area (Å²) in [6.07, 6.45) is 16.4. The molecule has 5 heteroatoms. The molecule has 0 amide bonds. The molecule has 0 N–H and O–H groups in total. The number of unbranched alkanes of at least 4 members (excludes halogenated alkanes) is 3. The number of halogens is 1. The lowest BCUT2D eigenvalue weighted by Crippen LogP contribution is -2.43. The molecule has 0 aromatic heterocycles. The monoisotopic (exact) mass is 572 g/mol. The molecule has 0 heterocycles. The highest BCUT2D eigenvalue weighted by atomic mass is 127. The fourth-order valence-electron chi connectivity index (χ4n) is 6.45. The Morgan fingerprint density at radius 3 is 2.47 bits per heavy atom. The minimum atomic E-state index is -1.80. The van der Waals surface area contributed by atoms with Crippen LogP contribution in [0.5, 0.6) is 0 Å². The van der Waals surface area contributed by atoms with E-state index in [2.05, 4.69) is 87.7 Å². The summed E-state index contributed by atoms with van der Waals surface area (Å²) in [4.78, 5) is 13.0. The first-order valence-electron chi connectivity index (χ1n) is 12.6. The topological polar surface area (TPSA) is 35.5 Å². The van der Waals surface area contributed by atoms with Crippen LogP contribution in [0.25, 0.3) is 0 Å². The highest BCUT2D eigenvalue weighted by Gasteiger charge is 2.80. The molecule has 1 spiro atoms. The van der Waals surface area contributed by atoms with Crippen molar-refractivity contribution in [1.29, 1.82) is 0 Å². The second-order valence-corrected chi connectivity index (χ2v) is 17.6. The first kappa shape index (κ1) is 26.5. The van der Waals surface area contributed by atoms with Gasteiger partial charge in [-0.05, 0) is 73.9 Å². The van der Waals surface area contributed by atoms with Crippen molar-refractivity contribution in [2.75, 3.05) is 18.1 Å². The maximum Gasteiger partial charge on any atom is 0.309 e. The van der Waals surface area contributed by atoms with Gasteiger partial charge in [-0.15, -0.1) is 0 Å². The third-order valence-corrected chi connectivity index (χ3v) is 15.3. The van der Waals surface area contributed by atoms with E-state index in [4.69, 9.17) is 9.16 Å². The molecule has 0 saturated heterocycles. The van der Waals surface area contributed by atoms with Crippen LogP contribution in [0.1, 0.15) is 66.2 Å². The van der Waals surface area contributed by atoms with Crippen LogP contribution in [-0.2, 0) is 14.0 Å². The van der Waals surface area contributed by atoms with Crippen molar-refractivity contribution in [2.45, 2.75) is 84.4 Å². The summed E-state index contributed by atoms with van der Waals surface area (Å²) < 4.78 is 13.3. The summed E-state index contributed by atoms with van der Waals surface area (Å²) in [6, 6.07) is 0. The van der Waals surface area contributed by atoms with Crippen LogP contribution in [0, 0.1) is 34.5 Å². The van der Waals surface area contributed by atoms with Gasteiger partial charge in [-0.1, -0.05) is 80.5 Å². The van der Waals surface area contributed by atoms with E-state index in [0.29, 0.717) is 17.8 Å². The molecule has 0 aromatic rings. The molecule has 182 valence electrons. The van der Waals surface area contributed by atoms with Crippen molar-refractivity contribution in [2.24, 2.45) is 34.5 Å². The molecule has 1 unspecified atom stereocenters. The molecule has 3 aliphatic rings. The van der Waals surface area contributed by atoms with Gasteiger partial charge >= 0.3 is 5.97 Å². The predicted octanol–water partition coefficient (Wildman–Crippen LogP) is 7.57. The van der Waals surface area contributed by atoms with Gasteiger partial charge in [-0.2, -0.15) is 0 Å². The molecule has 2 saturated carbocycles. The van der Waals surface area contributed by atoms with Crippen LogP contribution in [-0.4, -0.2) is 32.4 Å². The van der Waals surface area contributed by atoms with Crippen molar-refractivity contribution >= 4 is 36.9 Å². The number of esters is 1. The summed E-state index contributed by atoms with van der Waals surface area (Å²) >= 11 is 2.59. The third kappa shape index (κ3) is 4.44. The Hall–Kier alpha value is -0.143. The van der Waals surface area contributed by atoms with E-state index in [1.165, 1.54) is 32.1 Å². The van der Waals surface area contributed by atoms with E-state index in [0.717, 1.165) is 17.5 Å². The Kier molecular flexibility index (Phi) is 8.14. The Morgan fingerprint density at radius 1 is 1.19 bits per heavy atom. The van der Waals surface area contributed by atoms with Crippen LogP contribution in [0.15, 0.2) is 24.3 Å². The van der Waals surface area contributed by atoms with Gasteiger partial charge in [0.2, 0.25) is 0 Å². The summed E-state index contributed by atoms with van der Waals surface area (Å²) in [6.45, 7) is 14.6. The van der Waals surface area contributed by atoms with Gasteiger partial charge in [0.25, 0.3) is 0 Å². The van der Waals surface area contributed by atoms with E-state index < -0.39 is 8.32 Å². The fourth-order valence-corrected chi connectivity index (χ4v) is 8.72. The standard InChI is InChI=1S/C27H45IO3Si/c1-8-9-10-11-12-13-14-20-21-15-16-22(23(20)24(29)30-5)27(21)17-26(27,18-28)19-31-32(6,7)25(2,3)4/h8-9,15-16,20-23H,10-14,17-19H2,1-7H3/b9-8+/t20-,21-,22+,23+,26?,27-/m0/s1. The van der Waals surface area contributed by atoms with Crippen LogP contribution in [0.4, 0.5) is 0 Å². The largest absolute Gasteiger partial charge is 0.469 e. The molecule has 3 rings (SSSR count). The zero-order valence-corrected chi connectivity index (χ0v) is 24.5. The van der Waals surface area contributed by atoms with Gasteiger partial charge in [0.1, 0.15) is 0 Å². The highest BCUT2D eigenvalue weighted by molar-refractivity contribution is 14.1. The van der Waals surface area contributed by atoms with E-state index in [9.17, 15) is 4.79 Å². The number of carbonyl (C=O) groups is 1. The second-order valence-electron chi connectivity index (χ2n) is 12.0. The molecular weight excluding hydrogens is 527 g/mol. The number of hydrogen-bond acceptors (Lipinski definition) is 3. The van der Waals surface area contributed by atoms with Crippen molar-refractivity contribution in [3.63, 3.8) is 0 Å². The third-order valence-electron chi connectivity index (χ3n) is 9.41. The Balaban J connectivity index is 1.75. The highest BCUT2D eigenvalue weighted by Crippen LogP contribution is 2.82. The van der Waals surface area contributed by atoms with Crippen LogP contribution in [0.3, 0.4) is 0 Å². The molecule has 32 heavy (non-hydrogen) atoms. The summed E-state index contributed by atoms with van der Waals surface area (Å²) in [7, 11) is -0.236. The number of hydrogen-bond donors (Lipinski definition) is 0. The maximum absolute atomic E-state index is 13.0. The normalized spacial score (nSPS) is 35.9. The zero-order valence-electron chi connectivity index (χ0n) is 21.4. The van der Waals surface area contributed by atoms with Gasteiger partial charge in [-0.25, -0.2) is 0 Å². The average Bonchev–Trinajstić information content (AvgIpc) is 3.18. The molecule has 6 atom stereocenters. The molecule has 2 bridgehead atoms. The summed E-state index contributed by atoms with van der Waals surface area (Å²) in [5, 5.41) is 0.221. The van der Waals surface area contributed by atoms with Crippen molar-refractivity contribution in [1.82, 2.24) is 0 Å². The zero-order chi connectivity index (χ0) is 23.8. The van der Waals surface area contributed by atoms with Gasteiger partial charge in [0, 0.05) is 16.4 Å². The van der Waals surface area contributed by atoms with Gasteiger partial charge in [-0.3, -0.25) is 4.79 Å². The number of rotatable bonds is 11. The Bertz CT molecular complexity index is 740. The molecule has 2 fully saturated rings. The molecule has 3 aliphatic carbocycles. The lowest BCUT2D eigenvalue weighted by Gasteiger charge is -2.38. The number of methoxy groups -OCH3 is 1. The summed E-state index contributed by atoms with van der Waals surface area (Å²) in [5.74, 6) is 1.30. The van der Waals surface area contributed by atoms with E-state index >= 15 is 0 Å². The lowest BCUT2D eigenvalue weighted by atomic mass is 9.79. The van der Waals surface area contributed by atoms with Gasteiger partial charge in [0.05, 0.1) is 13.0 Å². The molecular formula is C27H45IO3Si. The van der Waals surface area contributed by atoms with Crippen LogP contribution in [0.2, 0.25) is 18.1 Å². The van der Waals surface area contributed by atoms with Crippen LogP contribution < -0.4 is 0 Å². The quantitative estimate of drug-likeness (QED) is 0.0640. The first-order valence-corrected chi connectivity index (χ1v) is 17.0. The lowest BCUT2D eigenvalue weighted by molar-refractivity contribution is -0.148. The molecule has 0 radical (unpaired) electrons. The Morgan fingerprint density at radius 2 is 1.88 bits per heavy atom. The minimum Gasteiger partial charge on any atom is -0.469 e. The van der Waals surface area contributed by atoms with Crippen LogP contribution >= 0.6 is 22.6 Å². The second kappa shape index (κ2) is 9.85. The van der Waals surface area contributed by atoms with Crippen molar-refractivity contribution < 1.29 is 14.0 Å². The number of ether oxygens (including phenoxy) is 1.